The van der Waals surface area contributed by atoms with Gasteiger partial charge in [-0.15, -0.1) is 0 Å². The molecule has 118 valence electrons. The van der Waals surface area contributed by atoms with E-state index >= 15 is 0 Å². The highest BCUT2D eigenvalue weighted by Gasteiger charge is 2.35. The quantitative estimate of drug-likeness (QED) is 0.746. The number of hydrogen-bond donors (Lipinski definition) is 2. The minimum Gasteiger partial charge on any atom is -0.480 e. The van der Waals surface area contributed by atoms with Gasteiger partial charge in [0.15, 0.2) is 0 Å². The van der Waals surface area contributed by atoms with Crippen LogP contribution in [0.3, 0.4) is 0 Å². The standard InChI is InChI=1S/C15H30N2O3/c1-6-13-10-20-12(4)9-17(13)8-7-15(5,14(18)19)16-11(2)3/h11-13,16H,6-10H2,1-5H3,(H,18,19). The van der Waals surface area contributed by atoms with Crippen molar-refractivity contribution in [3.8, 4) is 0 Å². The van der Waals surface area contributed by atoms with Gasteiger partial charge in [0.25, 0.3) is 0 Å². The maximum Gasteiger partial charge on any atom is 0.323 e. The van der Waals surface area contributed by atoms with E-state index in [-0.39, 0.29) is 12.1 Å². The van der Waals surface area contributed by atoms with Crippen LogP contribution in [0.2, 0.25) is 0 Å². The SMILES string of the molecule is CCC1COC(C)CN1CCC(C)(NC(C)C)C(=O)O. The van der Waals surface area contributed by atoms with Crippen LogP contribution in [0.15, 0.2) is 0 Å². The minimum atomic E-state index is -0.867. The second-order valence-electron chi connectivity index (χ2n) is 6.39. The topological polar surface area (TPSA) is 61.8 Å². The van der Waals surface area contributed by atoms with E-state index < -0.39 is 11.5 Å². The van der Waals surface area contributed by atoms with Crippen LogP contribution in [0, 0.1) is 0 Å². The van der Waals surface area contributed by atoms with Gasteiger partial charge < -0.3 is 9.84 Å². The summed E-state index contributed by atoms with van der Waals surface area (Å²) in [5.41, 5.74) is -0.867. The summed E-state index contributed by atoms with van der Waals surface area (Å²) in [7, 11) is 0. The second kappa shape index (κ2) is 7.38. The molecular formula is C15H30N2O3. The Morgan fingerprint density at radius 3 is 2.70 bits per heavy atom. The molecular weight excluding hydrogens is 256 g/mol. The third-order valence-electron chi connectivity index (χ3n) is 4.03. The Hall–Kier alpha value is -0.650. The zero-order valence-electron chi connectivity index (χ0n) is 13.5. The van der Waals surface area contributed by atoms with Crippen LogP contribution >= 0.6 is 0 Å². The average molecular weight is 286 g/mol. The number of nitrogens with zero attached hydrogens (tertiary/aromatic N) is 1. The van der Waals surface area contributed by atoms with E-state index in [2.05, 4.69) is 24.1 Å². The van der Waals surface area contributed by atoms with Gasteiger partial charge in [0.05, 0.1) is 12.7 Å². The number of hydrogen-bond acceptors (Lipinski definition) is 4. The Morgan fingerprint density at radius 2 is 2.20 bits per heavy atom. The van der Waals surface area contributed by atoms with Crippen LogP contribution in [-0.4, -0.2) is 59.4 Å². The third kappa shape index (κ3) is 4.72. The molecule has 2 N–H and O–H groups in total. The fourth-order valence-electron chi connectivity index (χ4n) is 2.81. The van der Waals surface area contributed by atoms with Crippen molar-refractivity contribution < 1.29 is 14.6 Å². The summed E-state index contributed by atoms with van der Waals surface area (Å²) in [6, 6.07) is 0.560. The van der Waals surface area contributed by atoms with E-state index in [9.17, 15) is 9.90 Å². The molecule has 0 bridgehead atoms. The second-order valence-corrected chi connectivity index (χ2v) is 6.39. The van der Waals surface area contributed by atoms with Crippen molar-refractivity contribution in [2.45, 2.75) is 71.2 Å². The molecule has 0 radical (unpaired) electrons. The van der Waals surface area contributed by atoms with E-state index in [1.54, 1.807) is 6.92 Å². The first-order chi connectivity index (χ1) is 9.28. The molecule has 3 atom stereocenters. The van der Waals surface area contributed by atoms with Crippen molar-refractivity contribution in [1.82, 2.24) is 10.2 Å². The van der Waals surface area contributed by atoms with E-state index in [0.29, 0.717) is 12.5 Å². The van der Waals surface area contributed by atoms with Crippen molar-refractivity contribution in [3.05, 3.63) is 0 Å². The molecule has 1 rings (SSSR count). The summed E-state index contributed by atoms with van der Waals surface area (Å²) in [4.78, 5) is 13.9. The zero-order chi connectivity index (χ0) is 15.3. The molecule has 0 aromatic heterocycles. The number of nitrogens with one attached hydrogen (secondary N) is 1. The summed E-state index contributed by atoms with van der Waals surface area (Å²) in [5, 5.41) is 12.7. The molecule has 20 heavy (non-hydrogen) atoms. The molecule has 1 heterocycles. The van der Waals surface area contributed by atoms with E-state index in [4.69, 9.17) is 4.74 Å². The summed E-state index contributed by atoms with van der Waals surface area (Å²) in [5.74, 6) is -0.777. The molecule has 1 saturated heterocycles. The van der Waals surface area contributed by atoms with Crippen LogP contribution in [-0.2, 0) is 9.53 Å². The minimum absolute atomic E-state index is 0.154. The number of carboxylic acid groups (broad SMARTS) is 1. The molecule has 0 amide bonds. The number of carboxylic acids is 1. The van der Waals surface area contributed by atoms with Crippen molar-refractivity contribution in [1.29, 1.82) is 0 Å². The predicted molar refractivity (Wildman–Crippen MR) is 80.0 cm³/mol. The summed E-state index contributed by atoms with van der Waals surface area (Å²) < 4.78 is 5.68. The highest BCUT2D eigenvalue weighted by Crippen LogP contribution is 2.18. The van der Waals surface area contributed by atoms with Crippen molar-refractivity contribution in [2.75, 3.05) is 19.7 Å². The molecule has 1 aliphatic rings. The predicted octanol–water partition coefficient (Wildman–Crippen LogP) is 1.72. The molecule has 5 heteroatoms. The molecule has 5 nitrogen and oxygen atoms in total. The lowest BCUT2D eigenvalue weighted by atomic mass is 9.95. The van der Waals surface area contributed by atoms with Gasteiger partial charge in [-0.05, 0) is 40.5 Å². The zero-order valence-corrected chi connectivity index (χ0v) is 13.5. The lowest BCUT2D eigenvalue weighted by Crippen LogP contribution is -2.56. The van der Waals surface area contributed by atoms with E-state index in [0.717, 1.165) is 26.1 Å². The van der Waals surface area contributed by atoms with Gasteiger partial charge in [-0.3, -0.25) is 15.0 Å². The van der Waals surface area contributed by atoms with Crippen LogP contribution < -0.4 is 5.32 Å². The van der Waals surface area contributed by atoms with Crippen LogP contribution in [0.5, 0.6) is 0 Å². The Labute approximate surface area is 122 Å². The monoisotopic (exact) mass is 286 g/mol. The van der Waals surface area contributed by atoms with Crippen molar-refractivity contribution in [2.24, 2.45) is 0 Å². The maximum absolute atomic E-state index is 11.5. The smallest absolute Gasteiger partial charge is 0.323 e. The highest BCUT2D eigenvalue weighted by atomic mass is 16.5. The lowest BCUT2D eigenvalue weighted by molar-refractivity contribution is -0.145. The normalized spacial score (nSPS) is 27.5. The van der Waals surface area contributed by atoms with E-state index in [1.807, 2.05) is 13.8 Å². The van der Waals surface area contributed by atoms with Crippen molar-refractivity contribution >= 4 is 5.97 Å². The van der Waals surface area contributed by atoms with Gasteiger partial charge in [0.2, 0.25) is 0 Å². The Balaban J connectivity index is 2.63. The highest BCUT2D eigenvalue weighted by molar-refractivity contribution is 5.78. The Morgan fingerprint density at radius 1 is 1.55 bits per heavy atom. The number of aliphatic carboxylic acids is 1. The Kier molecular flexibility index (Phi) is 6.43. The first kappa shape index (κ1) is 17.4. The fraction of sp³-hybridized carbons (Fsp3) is 0.933. The number of morpholine rings is 1. The first-order valence-corrected chi connectivity index (χ1v) is 7.65. The molecule has 0 aromatic rings. The van der Waals surface area contributed by atoms with Gasteiger partial charge in [-0.1, -0.05) is 6.92 Å². The molecule has 0 aliphatic carbocycles. The van der Waals surface area contributed by atoms with Crippen molar-refractivity contribution in [3.63, 3.8) is 0 Å². The molecule has 1 fully saturated rings. The fourth-order valence-corrected chi connectivity index (χ4v) is 2.81. The molecule has 0 aromatic carbocycles. The van der Waals surface area contributed by atoms with E-state index in [1.165, 1.54) is 0 Å². The largest absolute Gasteiger partial charge is 0.480 e. The van der Waals surface area contributed by atoms with Gasteiger partial charge in [0.1, 0.15) is 5.54 Å². The number of rotatable bonds is 7. The lowest BCUT2D eigenvalue weighted by Gasteiger charge is -2.40. The third-order valence-corrected chi connectivity index (χ3v) is 4.03. The van der Waals surface area contributed by atoms with Crippen LogP contribution in [0.25, 0.3) is 0 Å². The molecule has 3 unspecified atom stereocenters. The average Bonchev–Trinajstić information content (AvgIpc) is 2.35. The first-order valence-electron chi connectivity index (χ1n) is 7.65. The number of ether oxygens (including phenoxy) is 1. The molecule has 0 saturated carbocycles. The van der Waals surface area contributed by atoms with Crippen LogP contribution in [0.1, 0.15) is 47.5 Å². The summed E-state index contributed by atoms with van der Waals surface area (Å²) >= 11 is 0. The summed E-state index contributed by atoms with van der Waals surface area (Å²) in [6.45, 7) is 12.4. The van der Waals surface area contributed by atoms with Gasteiger partial charge >= 0.3 is 5.97 Å². The van der Waals surface area contributed by atoms with Gasteiger partial charge in [0, 0.05) is 25.2 Å². The molecule has 0 spiro atoms. The number of carbonyl (C=O) groups is 1. The Bertz CT molecular complexity index is 322. The molecule has 1 aliphatic heterocycles. The van der Waals surface area contributed by atoms with Gasteiger partial charge in [-0.2, -0.15) is 0 Å². The van der Waals surface area contributed by atoms with Gasteiger partial charge in [-0.25, -0.2) is 0 Å². The summed E-state index contributed by atoms with van der Waals surface area (Å²) in [6.07, 6.45) is 1.87. The maximum atomic E-state index is 11.5. The van der Waals surface area contributed by atoms with Crippen LogP contribution in [0.4, 0.5) is 0 Å².